The van der Waals surface area contributed by atoms with Crippen LogP contribution in [-0.2, 0) is 0 Å². The fourth-order valence-electron chi connectivity index (χ4n) is 2.42. The third-order valence-corrected chi connectivity index (χ3v) is 4.45. The van der Waals surface area contributed by atoms with E-state index in [0.29, 0.717) is 0 Å². The molecule has 2 aromatic rings. The summed E-state index contributed by atoms with van der Waals surface area (Å²) in [7, 11) is 0. The van der Waals surface area contributed by atoms with E-state index in [4.69, 9.17) is 5.73 Å². The number of aryl methyl sites for hydroxylation is 4. The highest BCUT2D eigenvalue weighted by Gasteiger charge is 2.17. The first-order valence-corrected chi connectivity index (χ1v) is 6.71. The van der Waals surface area contributed by atoms with Gasteiger partial charge in [-0.3, -0.25) is 0 Å². The Bertz CT molecular complexity index is 520. The molecule has 1 aromatic heterocycles. The van der Waals surface area contributed by atoms with Crippen LogP contribution in [0.5, 0.6) is 0 Å². The average molecular weight is 245 g/mol. The second-order valence-corrected chi connectivity index (χ2v) is 5.98. The highest BCUT2D eigenvalue weighted by Crippen LogP contribution is 2.32. The number of benzene rings is 1. The quantitative estimate of drug-likeness (QED) is 0.849. The molecule has 0 saturated heterocycles. The Morgan fingerprint density at radius 1 is 1.00 bits per heavy atom. The molecular weight excluding hydrogens is 226 g/mol. The summed E-state index contributed by atoms with van der Waals surface area (Å²) in [6.45, 7) is 8.56. The van der Waals surface area contributed by atoms with E-state index in [0.717, 1.165) is 0 Å². The highest BCUT2D eigenvalue weighted by molar-refractivity contribution is 7.12. The summed E-state index contributed by atoms with van der Waals surface area (Å²) < 4.78 is 0. The SMILES string of the molecule is Cc1cc(C)c(C(N)c2c(C)cccc2C)s1. The summed E-state index contributed by atoms with van der Waals surface area (Å²) in [6.07, 6.45) is 0. The lowest BCUT2D eigenvalue weighted by molar-refractivity contribution is 0.864. The van der Waals surface area contributed by atoms with E-state index >= 15 is 0 Å². The number of nitrogens with two attached hydrogens (primary N) is 1. The van der Waals surface area contributed by atoms with Crippen LogP contribution >= 0.6 is 11.3 Å². The molecule has 1 heterocycles. The van der Waals surface area contributed by atoms with Crippen LogP contribution in [0.1, 0.15) is 38.0 Å². The van der Waals surface area contributed by atoms with Gasteiger partial charge >= 0.3 is 0 Å². The van der Waals surface area contributed by atoms with Gasteiger partial charge in [0.15, 0.2) is 0 Å². The Hall–Kier alpha value is -1.12. The first kappa shape index (κ1) is 12.3. The van der Waals surface area contributed by atoms with Crippen molar-refractivity contribution in [1.29, 1.82) is 0 Å². The molecule has 0 radical (unpaired) electrons. The number of rotatable bonds is 2. The normalized spacial score (nSPS) is 12.8. The standard InChI is InChI=1S/C15H19NS/c1-9-6-5-7-10(2)13(9)14(16)15-11(3)8-12(4)17-15/h5-8,14H,16H2,1-4H3. The van der Waals surface area contributed by atoms with Crippen molar-refractivity contribution in [2.45, 2.75) is 33.7 Å². The third-order valence-electron chi connectivity index (χ3n) is 3.21. The van der Waals surface area contributed by atoms with Crippen LogP contribution in [0.4, 0.5) is 0 Å². The first-order chi connectivity index (χ1) is 8.00. The summed E-state index contributed by atoms with van der Waals surface area (Å²) in [5.74, 6) is 0. The van der Waals surface area contributed by atoms with Gasteiger partial charge in [0.25, 0.3) is 0 Å². The number of thiophene rings is 1. The molecule has 1 unspecified atom stereocenters. The molecule has 90 valence electrons. The molecule has 0 fully saturated rings. The molecule has 1 aromatic carbocycles. The molecule has 17 heavy (non-hydrogen) atoms. The maximum absolute atomic E-state index is 6.44. The van der Waals surface area contributed by atoms with E-state index in [-0.39, 0.29) is 6.04 Å². The smallest absolute Gasteiger partial charge is 0.0653 e. The van der Waals surface area contributed by atoms with Gasteiger partial charge in [-0.05, 0) is 56.0 Å². The van der Waals surface area contributed by atoms with Gasteiger partial charge in [-0.1, -0.05) is 18.2 Å². The molecule has 0 amide bonds. The summed E-state index contributed by atoms with van der Waals surface area (Å²) in [6, 6.07) is 8.59. The zero-order valence-electron chi connectivity index (χ0n) is 10.9. The largest absolute Gasteiger partial charge is 0.320 e. The predicted molar refractivity (Wildman–Crippen MR) is 75.7 cm³/mol. The maximum Gasteiger partial charge on any atom is 0.0653 e. The molecule has 2 N–H and O–H groups in total. The number of hydrogen-bond donors (Lipinski definition) is 1. The Morgan fingerprint density at radius 3 is 2.06 bits per heavy atom. The van der Waals surface area contributed by atoms with Gasteiger partial charge in [0.05, 0.1) is 6.04 Å². The first-order valence-electron chi connectivity index (χ1n) is 5.89. The van der Waals surface area contributed by atoms with E-state index in [1.165, 1.54) is 32.0 Å². The second kappa shape index (κ2) is 4.63. The number of hydrogen-bond acceptors (Lipinski definition) is 2. The minimum absolute atomic E-state index is 0.00917. The molecule has 0 bridgehead atoms. The monoisotopic (exact) mass is 245 g/mol. The summed E-state index contributed by atoms with van der Waals surface area (Å²) >= 11 is 1.81. The van der Waals surface area contributed by atoms with Crippen molar-refractivity contribution in [3.63, 3.8) is 0 Å². The highest BCUT2D eigenvalue weighted by atomic mass is 32.1. The zero-order chi connectivity index (χ0) is 12.6. The van der Waals surface area contributed by atoms with Gasteiger partial charge in [0.2, 0.25) is 0 Å². The third kappa shape index (κ3) is 2.28. The van der Waals surface area contributed by atoms with Gasteiger partial charge in [0.1, 0.15) is 0 Å². The molecule has 2 rings (SSSR count). The minimum atomic E-state index is 0.00917. The minimum Gasteiger partial charge on any atom is -0.320 e. The van der Waals surface area contributed by atoms with Crippen molar-refractivity contribution in [2.24, 2.45) is 5.73 Å². The topological polar surface area (TPSA) is 26.0 Å². The van der Waals surface area contributed by atoms with E-state index in [1.807, 2.05) is 11.3 Å². The fourth-order valence-corrected chi connectivity index (χ4v) is 3.46. The van der Waals surface area contributed by atoms with Crippen molar-refractivity contribution in [3.05, 3.63) is 56.3 Å². The molecule has 2 heteroatoms. The predicted octanol–water partition coefficient (Wildman–Crippen LogP) is 4.03. The molecule has 0 aliphatic carbocycles. The van der Waals surface area contributed by atoms with Crippen LogP contribution < -0.4 is 5.73 Å². The van der Waals surface area contributed by atoms with E-state index in [2.05, 4.69) is 52.0 Å². The van der Waals surface area contributed by atoms with Crippen LogP contribution in [0.15, 0.2) is 24.3 Å². The fraction of sp³-hybridized carbons (Fsp3) is 0.333. The Kier molecular flexibility index (Phi) is 3.36. The molecule has 0 aliphatic heterocycles. The Morgan fingerprint density at radius 2 is 1.59 bits per heavy atom. The van der Waals surface area contributed by atoms with Crippen molar-refractivity contribution < 1.29 is 0 Å². The van der Waals surface area contributed by atoms with Crippen molar-refractivity contribution >= 4 is 11.3 Å². The Balaban J connectivity index is 2.51. The molecular formula is C15H19NS. The van der Waals surface area contributed by atoms with Crippen LogP contribution in [0.25, 0.3) is 0 Å². The molecule has 0 spiro atoms. The maximum atomic E-state index is 6.44. The van der Waals surface area contributed by atoms with Crippen molar-refractivity contribution in [3.8, 4) is 0 Å². The van der Waals surface area contributed by atoms with E-state index < -0.39 is 0 Å². The summed E-state index contributed by atoms with van der Waals surface area (Å²) in [4.78, 5) is 2.62. The summed E-state index contributed by atoms with van der Waals surface area (Å²) in [5.41, 5.74) is 11.6. The zero-order valence-corrected chi connectivity index (χ0v) is 11.7. The molecule has 1 nitrogen and oxygen atoms in total. The van der Waals surface area contributed by atoms with Crippen LogP contribution in [0.2, 0.25) is 0 Å². The summed E-state index contributed by atoms with van der Waals surface area (Å²) in [5, 5.41) is 0. The van der Waals surface area contributed by atoms with Crippen LogP contribution in [0.3, 0.4) is 0 Å². The van der Waals surface area contributed by atoms with E-state index in [1.54, 1.807) is 0 Å². The Labute approximate surface area is 107 Å². The van der Waals surface area contributed by atoms with Crippen LogP contribution in [-0.4, -0.2) is 0 Å². The van der Waals surface area contributed by atoms with Crippen molar-refractivity contribution in [2.75, 3.05) is 0 Å². The molecule has 0 saturated carbocycles. The van der Waals surface area contributed by atoms with Crippen molar-refractivity contribution in [1.82, 2.24) is 0 Å². The van der Waals surface area contributed by atoms with Gasteiger partial charge < -0.3 is 5.73 Å². The lowest BCUT2D eigenvalue weighted by atomic mass is 9.94. The molecule has 1 atom stereocenters. The van der Waals surface area contributed by atoms with Crippen LogP contribution in [0, 0.1) is 27.7 Å². The van der Waals surface area contributed by atoms with Gasteiger partial charge in [-0.2, -0.15) is 0 Å². The van der Waals surface area contributed by atoms with Gasteiger partial charge in [-0.15, -0.1) is 11.3 Å². The van der Waals surface area contributed by atoms with Gasteiger partial charge in [-0.25, -0.2) is 0 Å². The second-order valence-electron chi connectivity index (χ2n) is 4.69. The lowest BCUT2D eigenvalue weighted by Crippen LogP contribution is -2.14. The molecule has 0 aliphatic rings. The van der Waals surface area contributed by atoms with E-state index in [9.17, 15) is 0 Å². The van der Waals surface area contributed by atoms with Gasteiger partial charge in [0, 0.05) is 9.75 Å². The average Bonchev–Trinajstić information content (AvgIpc) is 2.57. The lowest BCUT2D eigenvalue weighted by Gasteiger charge is -2.17.